The maximum atomic E-state index is 11.8. The van der Waals surface area contributed by atoms with Crippen LogP contribution in [0.15, 0.2) is 0 Å². The highest BCUT2D eigenvalue weighted by atomic mass is 16.5. The van der Waals surface area contributed by atoms with Gasteiger partial charge in [0.1, 0.15) is 0 Å². The minimum atomic E-state index is -0.0321. The molecule has 2 aliphatic heterocycles. The molecule has 1 atom stereocenters. The maximum Gasteiger partial charge on any atom is 0.223 e. The Kier molecular flexibility index (Phi) is 5.60. The average Bonchev–Trinajstić information content (AvgIpc) is 2.96. The number of carbonyl (C=O) groups excluding carboxylic acids is 2. The smallest absolute Gasteiger partial charge is 0.223 e. The van der Waals surface area contributed by atoms with Crippen LogP contribution >= 0.6 is 0 Å². The van der Waals surface area contributed by atoms with Crippen molar-refractivity contribution < 1.29 is 14.3 Å². The first-order valence-corrected chi connectivity index (χ1v) is 7.11. The highest BCUT2D eigenvalue weighted by Crippen LogP contribution is 2.04. The van der Waals surface area contributed by atoms with Crippen LogP contribution in [0.25, 0.3) is 0 Å². The summed E-state index contributed by atoms with van der Waals surface area (Å²) in [7, 11) is 0. The van der Waals surface area contributed by atoms with Gasteiger partial charge in [-0.2, -0.15) is 0 Å². The second-order valence-corrected chi connectivity index (χ2v) is 5.09. The van der Waals surface area contributed by atoms with E-state index in [1.807, 2.05) is 0 Å². The van der Waals surface area contributed by atoms with Gasteiger partial charge in [-0.3, -0.25) is 9.59 Å². The zero-order valence-corrected chi connectivity index (χ0v) is 11.3. The Balaban J connectivity index is 1.58. The molecule has 2 aliphatic rings. The molecule has 6 nitrogen and oxygen atoms in total. The number of rotatable bonds is 5. The maximum absolute atomic E-state index is 11.8. The van der Waals surface area contributed by atoms with Crippen molar-refractivity contribution in [2.24, 2.45) is 0 Å². The Morgan fingerprint density at radius 3 is 2.74 bits per heavy atom. The normalized spacial score (nSPS) is 23.4. The van der Waals surface area contributed by atoms with Crippen LogP contribution in [-0.4, -0.2) is 62.1 Å². The van der Waals surface area contributed by atoms with E-state index >= 15 is 0 Å². The quantitative estimate of drug-likeness (QED) is 0.705. The first-order valence-electron chi connectivity index (χ1n) is 7.11. The molecule has 108 valence electrons. The summed E-state index contributed by atoms with van der Waals surface area (Å²) >= 11 is 0. The summed E-state index contributed by atoms with van der Waals surface area (Å²) < 4.78 is 5.19. The largest absolute Gasteiger partial charge is 0.378 e. The fourth-order valence-corrected chi connectivity index (χ4v) is 2.45. The van der Waals surface area contributed by atoms with Gasteiger partial charge in [-0.15, -0.1) is 0 Å². The molecule has 6 heteroatoms. The predicted molar refractivity (Wildman–Crippen MR) is 70.7 cm³/mol. The molecule has 2 amide bonds. The van der Waals surface area contributed by atoms with Crippen LogP contribution in [0.1, 0.15) is 25.7 Å². The SMILES string of the molecule is O=C(CCC(=O)N1CCOCC1)NCC1CCCN1. The summed E-state index contributed by atoms with van der Waals surface area (Å²) in [6.45, 7) is 4.20. The van der Waals surface area contributed by atoms with Crippen LogP contribution in [0.3, 0.4) is 0 Å². The van der Waals surface area contributed by atoms with Crippen molar-refractivity contribution >= 4 is 11.8 Å². The molecule has 19 heavy (non-hydrogen) atoms. The second-order valence-electron chi connectivity index (χ2n) is 5.09. The van der Waals surface area contributed by atoms with E-state index in [4.69, 9.17) is 4.74 Å². The lowest BCUT2D eigenvalue weighted by Crippen LogP contribution is -2.41. The van der Waals surface area contributed by atoms with Crippen molar-refractivity contribution in [1.82, 2.24) is 15.5 Å². The van der Waals surface area contributed by atoms with Crippen molar-refractivity contribution in [1.29, 1.82) is 0 Å². The Bertz CT molecular complexity index is 310. The van der Waals surface area contributed by atoms with Gasteiger partial charge >= 0.3 is 0 Å². The zero-order valence-electron chi connectivity index (χ0n) is 11.3. The van der Waals surface area contributed by atoms with Crippen molar-refractivity contribution in [3.63, 3.8) is 0 Å². The number of ether oxygens (including phenoxy) is 1. The third-order valence-electron chi connectivity index (χ3n) is 3.64. The zero-order chi connectivity index (χ0) is 13.5. The molecule has 2 fully saturated rings. The van der Waals surface area contributed by atoms with Crippen molar-refractivity contribution in [3.8, 4) is 0 Å². The average molecular weight is 269 g/mol. The summed E-state index contributed by atoms with van der Waals surface area (Å²) in [5.74, 6) is 0.0211. The van der Waals surface area contributed by atoms with E-state index in [9.17, 15) is 9.59 Å². The number of hydrogen-bond donors (Lipinski definition) is 2. The molecule has 0 aliphatic carbocycles. The summed E-state index contributed by atoms with van der Waals surface area (Å²) in [6, 6.07) is 0.402. The third-order valence-corrected chi connectivity index (χ3v) is 3.64. The topological polar surface area (TPSA) is 70.7 Å². The van der Waals surface area contributed by atoms with E-state index in [1.54, 1.807) is 4.90 Å². The monoisotopic (exact) mass is 269 g/mol. The summed E-state index contributed by atoms with van der Waals surface area (Å²) in [5.41, 5.74) is 0. The number of amides is 2. The van der Waals surface area contributed by atoms with Gasteiger partial charge in [0.25, 0.3) is 0 Å². The minimum Gasteiger partial charge on any atom is -0.378 e. The van der Waals surface area contributed by atoms with E-state index in [-0.39, 0.29) is 18.2 Å². The van der Waals surface area contributed by atoms with Crippen molar-refractivity contribution in [3.05, 3.63) is 0 Å². The Labute approximate surface area is 113 Å². The minimum absolute atomic E-state index is 0.0321. The van der Waals surface area contributed by atoms with Crippen LogP contribution in [0.5, 0.6) is 0 Å². The Morgan fingerprint density at radius 2 is 2.05 bits per heavy atom. The molecule has 2 saturated heterocycles. The molecule has 0 spiro atoms. The van der Waals surface area contributed by atoms with Gasteiger partial charge in [-0.1, -0.05) is 0 Å². The number of nitrogens with one attached hydrogen (secondary N) is 2. The van der Waals surface area contributed by atoms with E-state index in [0.717, 1.165) is 13.0 Å². The first kappa shape index (κ1) is 14.3. The second kappa shape index (κ2) is 7.45. The van der Waals surface area contributed by atoms with Gasteiger partial charge in [0, 0.05) is 38.5 Å². The predicted octanol–water partition coefficient (Wildman–Crippen LogP) is -0.506. The van der Waals surface area contributed by atoms with E-state index in [1.165, 1.54) is 6.42 Å². The number of carbonyl (C=O) groups is 2. The summed E-state index contributed by atoms with van der Waals surface area (Å²) in [5, 5.41) is 6.21. The lowest BCUT2D eigenvalue weighted by atomic mass is 10.2. The molecule has 0 saturated carbocycles. The molecule has 0 aromatic rings. The van der Waals surface area contributed by atoms with Gasteiger partial charge in [0.05, 0.1) is 13.2 Å². The van der Waals surface area contributed by atoms with Crippen LogP contribution in [-0.2, 0) is 14.3 Å². The molecular formula is C13H23N3O3. The lowest BCUT2D eigenvalue weighted by molar-refractivity contribution is -0.137. The van der Waals surface area contributed by atoms with Crippen LogP contribution in [0, 0.1) is 0 Å². The molecule has 0 radical (unpaired) electrons. The number of nitrogens with zero attached hydrogens (tertiary/aromatic N) is 1. The van der Waals surface area contributed by atoms with E-state index in [0.29, 0.717) is 45.3 Å². The van der Waals surface area contributed by atoms with Crippen molar-refractivity contribution in [2.75, 3.05) is 39.4 Å². The van der Waals surface area contributed by atoms with Gasteiger partial charge < -0.3 is 20.3 Å². The van der Waals surface area contributed by atoms with Crippen LogP contribution in [0.4, 0.5) is 0 Å². The molecular weight excluding hydrogens is 246 g/mol. The number of hydrogen-bond acceptors (Lipinski definition) is 4. The summed E-state index contributed by atoms with van der Waals surface area (Å²) in [4.78, 5) is 25.3. The van der Waals surface area contributed by atoms with Gasteiger partial charge in [-0.25, -0.2) is 0 Å². The fourth-order valence-electron chi connectivity index (χ4n) is 2.45. The standard InChI is InChI=1S/C13H23N3O3/c17-12(15-10-11-2-1-5-14-11)3-4-13(18)16-6-8-19-9-7-16/h11,14H,1-10H2,(H,15,17). The fraction of sp³-hybridized carbons (Fsp3) is 0.846. The molecule has 0 aromatic carbocycles. The van der Waals surface area contributed by atoms with E-state index < -0.39 is 0 Å². The van der Waals surface area contributed by atoms with E-state index in [2.05, 4.69) is 10.6 Å². The lowest BCUT2D eigenvalue weighted by Gasteiger charge is -2.26. The Hall–Kier alpha value is -1.14. The summed E-state index contributed by atoms with van der Waals surface area (Å²) in [6.07, 6.45) is 2.87. The molecule has 0 bridgehead atoms. The van der Waals surface area contributed by atoms with Crippen LogP contribution < -0.4 is 10.6 Å². The van der Waals surface area contributed by atoms with Gasteiger partial charge in [-0.05, 0) is 19.4 Å². The molecule has 2 N–H and O–H groups in total. The van der Waals surface area contributed by atoms with Crippen molar-refractivity contribution in [2.45, 2.75) is 31.7 Å². The highest BCUT2D eigenvalue weighted by Gasteiger charge is 2.18. The molecule has 2 heterocycles. The first-order chi connectivity index (χ1) is 9.25. The molecule has 1 unspecified atom stereocenters. The highest BCUT2D eigenvalue weighted by molar-refractivity contribution is 5.83. The van der Waals surface area contributed by atoms with Gasteiger partial charge in [0.2, 0.25) is 11.8 Å². The molecule has 0 aromatic heterocycles. The molecule has 2 rings (SSSR count). The number of morpholine rings is 1. The third kappa shape index (κ3) is 4.80. The Morgan fingerprint density at radius 1 is 1.26 bits per heavy atom. The van der Waals surface area contributed by atoms with Crippen LogP contribution in [0.2, 0.25) is 0 Å². The van der Waals surface area contributed by atoms with Gasteiger partial charge in [0.15, 0.2) is 0 Å².